The minimum absolute atomic E-state index is 0.0949. The molecule has 0 spiro atoms. The third kappa shape index (κ3) is 1.19. The van der Waals surface area contributed by atoms with Crippen LogP contribution in [-0.2, 0) is 14.3 Å². The summed E-state index contributed by atoms with van der Waals surface area (Å²) in [6.45, 7) is 0.0949. The second-order valence-electron chi connectivity index (χ2n) is 1.91. The van der Waals surface area contributed by atoms with Crippen molar-refractivity contribution in [3.05, 3.63) is 0 Å². The normalized spacial score (nSPS) is 19.9. The van der Waals surface area contributed by atoms with Crippen LogP contribution < -0.4 is 0 Å². The van der Waals surface area contributed by atoms with Crippen LogP contribution in [-0.4, -0.2) is 30.6 Å². The van der Waals surface area contributed by atoms with Crippen LogP contribution in [0, 0.1) is 0 Å². The van der Waals surface area contributed by atoms with Crippen LogP contribution in [0.2, 0.25) is 0 Å². The maximum Gasteiger partial charge on any atom is 0.317 e. The summed E-state index contributed by atoms with van der Waals surface area (Å²) >= 11 is 0. The Hall–Kier alpha value is -1.06. The van der Waals surface area contributed by atoms with Crippen LogP contribution in [0.5, 0.6) is 0 Å². The Morgan fingerprint density at radius 1 is 1.56 bits per heavy atom. The number of amides is 1. The molecule has 1 aliphatic heterocycles. The van der Waals surface area contributed by atoms with E-state index in [4.69, 9.17) is 0 Å². The van der Waals surface area contributed by atoms with Crippen molar-refractivity contribution in [3.8, 4) is 0 Å². The lowest BCUT2D eigenvalue weighted by Crippen LogP contribution is -2.37. The van der Waals surface area contributed by atoms with Gasteiger partial charge in [0.15, 0.2) is 6.73 Å². The quantitative estimate of drug-likeness (QED) is 0.322. The first-order valence-electron chi connectivity index (χ1n) is 2.60. The molecule has 0 aromatic heterocycles. The molecule has 1 aliphatic rings. The van der Waals surface area contributed by atoms with Gasteiger partial charge in [-0.25, -0.2) is 0 Å². The maximum absolute atomic E-state index is 10.6. The maximum atomic E-state index is 10.6. The van der Waals surface area contributed by atoms with Gasteiger partial charge in [-0.2, -0.15) is 0 Å². The molecule has 0 unspecified atom stereocenters. The predicted octanol–water partition coefficient (Wildman–Crippen LogP) is -0.651. The summed E-state index contributed by atoms with van der Waals surface area (Å²) in [5, 5.41) is 0. The highest BCUT2D eigenvalue weighted by atomic mass is 16.5. The lowest BCUT2D eigenvalue weighted by molar-refractivity contribution is -0.163. The van der Waals surface area contributed by atoms with Gasteiger partial charge in [0.2, 0.25) is 5.91 Å². The molecule has 0 atom stereocenters. The second kappa shape index (κ2) is 2.05. The van der Waals surface area contributed by atoms with Crippen molar-refractivity contribution in [1.82, 2.24) is 4.90 Å². The van der Waals surface area contributed by atoms with Gasteiger partial charge in [-0.15, -0.1) is 0 Å². The lowest BCUT2D eigenvalue weighted by Gasteiger charge is -2.20. The number of hydrogen-bond acceptors (Lipinski definition) is 3. The van der Waals surface area contributed by atoms with Crippen LogP contribution in [0.4, 0.5) is 0 Å². The number of carbonyl (C=O) groups is 2. The zero-order valence-corrected chi connectivity index (χ0v) is 5.09. The van der Waals surface area contributed by atoms with Gasteiger partial charge in [-0.05, 0) is 0 Å². The number of cyclic esters (lactones) is 1. The highest BCUT2D eigenvalue weighted by molar-refractivity contribution is 5.95. The summed E-state index contributed by atoms with van der Waals surface area (Å²) in [5.74, 6) is -0.607. The molecular weight excluding hydrogens is 122 g/mol. The summed E-state index contributed by atoms with van der Waals surface area (Å²) < 4.78 is 4.53. The molecule has 1 heterocycles. The van der Waals surface area contributed by atoms with Crippen LogP contribution in [0.15, 0.2) is 0 Å². The van der Waals surface area contributed by atoms with E-state index >= 15 is 0 Å². The van der Waals surface area contributed by atoms with E-state index in [2.05, 4.69) is 4.74 Å². The van der Waals surface area contributed by atoms with E-state index in [9.17, 15) is 9.59 Å². The molecule has 1 rings (SSSR count). The Morgan fingerprint density at radius 3 is 2.67 bits per heavy atom. The van der Waals surface area contributed by atoms with E-state index in [1.165, 1.54) is 4.90 Å². The van der Waals surface area contributed by atoms with E-state index in [1.54, 1.807) is 7.05 Å². The number of esters is 1. The molecule has 9 heavy (non-hydrogen) atoms. The van der Waals surface area contributed by atoms with Gasteiger partial charge in [0.05, 0.1) is 0 Å². The number of nitrogens with zero attached hydrogens (tertiary/aromatic N) is 1. The highest BCUT2D eigenvalue weighted by Crippen LogP contribution is 2.00. The zero-order chi connectivity index (χ0) is 6.85. The molecule has 4 nitrogen and oxygen atoms in total. The van der Waals surface area contributed by atoms with Crippen molar-refractivity contribution in [2.75, 3.05) is 13.8 Å². The fourth-order valence-corrected chi connectivity index (χ4v) is 0.550. The lowest BCUT2D eigenvalue weighted by atomic mass is 10.3. The number of hydrogen-bond donors (Lipinski definition) is 0. The summed E-state index contributed by atoms with van der Waals surface area (Å²) in [6, 6.07) is 0. The molecule has 0 aromatic rings. The first-order chi connectivity index (χ1) is 4.20. The molecule has 0 N–H and O–H groups in total. The molecule has 4 heteroatoms. The van der Waals surface area contributed by atoms with Crippen molar-refractivity contribution >= 4 is 11.9 Å². The van der Waals surface area contributed by atoms with Gasteiger partial charge in [-0.3, -0.25) is 9.59 Å². The van der Waals surface area contributed by atoms with Gasteiger partial charge in [0, 0.05) is 7.05 Å². The number of carbonyl (C=O) groups excluding carboxylic acids is 2. The van der Waals surface area contributed by atoms with Crippen LogP contribution in [0.3, 0.4) is 0 Å². The van der Waals surface area contributed by atoms with Crippen molar-refractivity contribution in [1.29, 1.82) is 0 Å². The molecule has 0 radical (unpaired) electrons. The Labute approximate surface area is 52.4 Å². The van der Waals surface area contributed by atoms with Crippen LogP contribution >= 0.6 is 0 Å². The average Bonchev–Trinajstić information content (AvgIpc) is 1.80. The zero-order valence-electron chi connectivity index (χ0n) is 5.09. The molecule has 1 saturated heterocycles. The summed E-state index contributed by atoms with van der Waals surface area (Å²) in [4.78, 5) is 22.3. The largest absolute Gasteiger partial charge is 0.444 e. The monoisotopic (exact) mass is 129 g/mol. The highest BCUT2D eigenvalue weighted by Gasteiger charge is 2.20. The molecule has 0 saturated carbocycles. The van der Waals surface area contributed by atoms with Gasteiger partial charge in [-0.1, -0.05) is 0 Å². The van der Waals surface area contributed by atoms with E-state index in [0.29, 0.717) is 0 Å². The van der Waals surface area contributed by atoms with Crippen molar-refractivity contribution in [2.24, 2.45) is 0 Å². The smallest absolute Gasteiger partial charge is 0.317 e. The Balaban J connectivity index is 2.54. The Bertz CT molecular complexity index is 154. The minimum atomic E-state index is -0.432. The molecule has 0 aliphatic carbocycles. The first kappa shape index (κ1) is 6.07. The van der Waals surface area contributed by atoms with Gasteiger partial charge < -0.3 is 9.64 Å². The third-order valence-electron chi connectivity index (χ3n) is 1.14. The van der Waals surface area contributed by atoms with Crippen molar-refractivity contribution in [3.63, 3.8) is 0 Å². The average molecular weight is 129 g/mol. The number of ether oxygens (including phenoxy) is 1. The van der Waals surface area contributed by atoms with Crippen LogP contribution in [0.1, 0.15) is 6.42 Å². The topological polar surface area (TPSA) is 46.6 Å². The first-order valence-corrected chi connectivity index (χ1v) is 2.60. The fraction of sp³-hybridized carbons (Fsp3) is 0.600. The Kier molecular flexibility index (Phi) is 1.38. The molecule has 0 bridgehead atoms. The summed E-state index contributed by atoms with van der Waals surface area (Å²) in [7, 11) is 1.59. The van der Waals surface area contributed by atoms with Gasteiger partial charge in [0.1, 0.15) is 6.42 Å². The van der Waals surface area contributed by atoms with Crippen LogP contribution in [0.25, 0.3) is 0 Å². The SMILES string of the molecule is CN1COC(=O)CC1=O. The van der Waals surface area contributed by atoms with E-state index < -0.39 is 5.97 Å². The van der Waals surface area contributed by atoms with E-state index in [-0.39, 0.29) is 19.1 Å². The second-order valence-corrected chi connectivity index (χ2v) is 1.91. The minimum Gasteiger partial charge on any atom is -0.444 e. The van der Waals surface area contributed by atoms with E-state index in [1.807, 2.05) is 0 Å². The molecule has 1 amide bonds. The van der Waals surface area contributed by atoms with Crippen molar-refractivity contribution in [2.45, 2.75) is 6.42 Å². The number of rotatable bonds is 0. The fourth-order valence-electron chi connectivity index (χ4n) is 0.550. The third-order valence-corrected chi connectivity index (χ3v) is 1.14. The summed E-state index contributed by atoms with van der Waals surface area (Å²) in [5.41, 5.74) is 0. The molecule has 1 fully saturated rings. The predicted molar refractivity (Wildman–Crippen MR) is 28.3 cm³/mol. The standard InChI is InChI=1S/C5H7NO3/c1-6-3-9-5(8)2-4(6)7/h2-3H2,1H3. The molecule has 0 aromatic carbocycles. The van der Waals surface area contributed by atoms with Crippen molar-refractivity contribution < 1.29 is 14.3 Å². The van der Waals surface area contributed by atoms with Gasteiger partial charge >= 0.3 is 5.97 Å². The van der Waals surface area contributed by atoms with Gasteiger partial charge in [0.25, 0.3) is 0 Å². The molecular formula is C5H7NO3. The Morgan fingerprint density at radius 2 is 2.22 bits per heavy atom. The molecule has 50 valence electrons. The van der Waals surface area contributed by atoms with E-state index in [0.717, 1.165) is 0 Å². The summed E-state index contributed by atoms with van der Waals surface area (Å²) in [6.07, 6.45) is -0.115.